The Bertz CT molecular complexity index is 417. The fourth-order valence-electron chi connectivity index (χ4n) is 1.56. The first kappa shape index (κ1) is 9.75. The molecule has 3 heteroatoms. The predicted molar refractivity (Wildman–Crippen MR) is 56.3 cm³/mol. The van der Waals surface area contributed by atoms with Gasteiger partial charge < -0.3 is 4.84 Å². The molecule has 3 nitrogen and oxygen atoms in total. The second-order valence-corrected chi connectivity index (χ2v) is 3.52. The molecule has 0 unspecified atom stereocenters. The molecule has 0 aliphatic carbocycles. The van der Waals surface area contributed by atoms with Crippen LogP contribution in [0.3, 0.4) is 0 Å². The smallest absolute Gasteiger partial charge is 0.136 e. The van der Waals surface area contributed by atoms with E-state index < -0.39 is 0 Å². The van der Waals surface area contributed by atoms with E-state index in [-0.39, 0.29) is 0 Å². The largest absolute Gasteiger partial charge is 0.409 e. The van der Waals surface area contributed by atoms with Crippen LogP contribution < -0.4 is 0 Å². The van der Waals surface area contributed by atoms with Gasteiger partial charge in [0.25, 0.3) is 0 Å². The molecular weight excluding hydrogens is 188 g/mol. The predicted octanol–water partition coefficient (Wildman–Crippen LogP) is 2.23. The summed E-state index contributed by atoms with van der Waals surface area (Å²) in [7, 11) is 0. The summed E-state index contributed by atoms with van der Waals surface area (Å²) in [5.74, 6) is 0.716. The minimum Gasteiger partial charge on any atom is -0.409 e. The van der Waals surface area contributed by atoms with Gasteiger partial charge in [0, 0.05) is 0 Å². The zero-order chi connectivity index (χ0) is 10.7. The van der Waals surface area contributed by atoms with E-state index >= 15 is 0 Å². The van der Waals surface area contributed by atoms with Gasteiger partial charge in [-0.05, 0) is 12.5 Å². The number of allylic oxidation sites excluding steroid dienone is 1. The minimum atomic E-state index is 0.581. The maximum absolute atomic E-state index is 8.81. The summed E-state index contributed by atoms with van der Waals surface area (Å²) < 4.78 is 0. The highest BCUT2D eigenvalue weighted by Crippen LogP contribution is 2.19. The van der Waals surface area contributed by atoms with Gasteiger partial charge in [-0.15, -0.1) is 5.06 Å². The van der Waals surface area contributed by atoms with Crippen molar-refractivity contribution >= 4 is 0 Å². The third-order valence-corrected chi connectivity index (χ3v) is 2.36. The highest BCUT2D eigenvalue weighted by molar-refractivity contribution is 5.27. The summed E-state index contributed by atoms with van der Waals surface area (Å²) in [5, 5.41) is 10.6. The SMILES string of the molecule is CC1=C(C#N)CN(Cc2ccccc2)O1. The molecule has 0 amide bonds. The summed E-state index contributed by atoms with van der Waals surface area (Å²) in [6.07, 6.45) is 0. The van der Waals surface area contributed by atoms with E-state index in [2.05, 4.69) is 6.07 Å². The lowest BCUT2D eigenvalue weighted by atomic mass is 10.2. The summed E-state index contributed by atoms with van der Waals surface area (Å²) in [5.41, 5.74) is 1.90. The number of hydrogen-bond donors (Lipinski definition) is 0. The van der Waals surface area contributed by atoms with Crippen molar-refractivity contribution in [1.82, 2.24) is 5.06 Å². The van der Waals surface area contributed by atoms with E-state index in [1.165, 1.54) is 5.56 Å². The standard InChI is InChI=1S/C12H12N2O/c1-10-12(7-13)9-14(15-10)8-11-5-3-2-4-6-11/h2-6H,8-9H2,1H3. The Morgan fingerprint density at radius 1 is 1.40 bits per heavy atom. The molecule has 0 radical (unpaired) electrons. The molecule has 0 fully saturated rings. The lowest BCUT2D eigenvalue weighted by molar-refractivity contribution is -0.0981. The van der Waals surface area contributed by atoms with E-state index in [0.717, 1.165) is 0 Å². The van der Waals surface area contributed by atoms with Gasteiger partial charge in [-0.3, -0.25) is 0 Å². The molecule has 1 aliphatic rings. The first-order chi connectivity index (χ1) is 7.29. The molecule has 2 rings (SSSR count). The second-order valence-electron chi connectivity index (χ2n) is 3.52. The van der Waals surface area contributed by atoms with Crippen LogP contribution in [0.1, 0.15) is 12.5 Å². The maximum atomic E-state index is 8.81. The van der Waals surface area contributed by atoms with Crippen molar-refractivity contribution in [1.29, 1.82) is 5.26 Å². The zero-order valence-electron chi connectivity index (χ0n) is 8.60. The van der Waals surface area contributed by atoms with Gasteiger partial charge in [0.2, 0.25) is 0 Å². The first-order valence-corrected chi connectivity index (χ1v) is 4.86. The summed E-state index contributed by atoms with van der Waals surface area (Å²) in [6.45, 7) is 3.12. The van der Waals surface area contributed by atoms with Crippen LogP contribution in [0.5, 0.6) is 0 Å². The van der Waals surface area contributed by atoms with Crippen LogP contribution in [-0.4, -0.2) is 11.6 Å². The van der Waals surface area contributed by atoms with Gasteiger partial charge in [0.1, 0.15) is 5.76 Å². The average Bonchev–Trinajstić information content (AvgIpc) is 2.60. The van der Waals surface area contributed by atoms with E-state index in [4.69, 9.17) is 10.1 Å². The van der Waals surface area contributed by atoms with E-state index in [9.17, 15) is 0 Å². The minimum absolute atomic E-state index is 0.581. The highest BCUT2D eigenvalue weighted by atomic mass is 16.7. The van der Waals surface area contributed by atoms with Crippen LogP contribution in [0.25, 0.3) is 0 Å². The van der Waals surface area contributed by atoms with E-state index in [0.29, 0.717) is 24.4 Å². The Morgan fingerprint density at radius 3 is 2.73 bits per heavy atom. The van der Waals surface area contributed by atoms with Gasteiger partial charge in [-0.1, -0.05) is 30.3 Å². The summed E-state index contributed by atoms with van der Waals surface area (Å²) >= 11 is 0. The van der Waals surface area contributed by atoms with Crippen LogP contribution in [0.4, 0.5) is 0 Å². The molecule has 76 valence electrons. The maximum Gasteiger partial charge on any atom is 0.136 e. The second kappa shape index (κ2) is 4.16. The van der Waals surface area contributed by atoms with Crippen LogP contribution in [0.15, 0.2) is 41.7 Å². The topological polar surface area (TPSA) is 36.3 Å². The molecule has 0 saturated carbocycles. The Balaban J connectivity index is 1.99. The molecule has 15 heavy (non-hydrogen) atoms. The lowest BCUT2D eigenvalue weighted by Gasteiger charge is -2.14. The Labute approximate surface area is 89.1 Å². The molecule has 0 aromatic heterocycles. The van der Waals surface area contributed by atoms with Gasteiger partial charge in [-0.2, -0.15) is 5.26 Å². The quantitative estimate of drug-likeness (QED) is 0.734. The van der Waals surface area contributed by atoms with Crippen molar-refractivity contribution in [3.63, 3.8) is 0 Å². The molecule has 0 N–H and O–H groups in total. The van der Waals surface area contributed by atoms with Gasteiger partial charge in [-0.25, -0.2) is 0 Å². The van der Waals surface area contributed by atoms with Gasteiger partial charge in [0.15, 0.2) is 0 Å². The van der Waals surface area contributed by atoms with Crippen molar-refractivity contribution in [3.8, 4) is 6.07 Å². The summed E-state index contributed by atoms with van der Waals surface area (Å²) in [6, 6.07) is 12.2. The number of rotatable bonds is 2. The van der Waals surface area contributed by atoms with Gasteiger partial charge >= 0.3 is 0 Å². The third-order valence-electron chi connectivity index (χ3n) is 2.36. The summed E-state index contributed by atoms with van der Waals surface area (Å²) in [4.78, 5) is 5.46. The molecule has 1 aromatic rings. The first-order valence-electron chi connectivity index (χ1n) is 4.86. The highest BCUT2D eigenvalue weighted by Gasteiger charge is 2.20. The Kier molecular flexibility index (Phi) is 2.70. The Morgan fingerprint density at radius 2 is 2.13 bits per heavy atom. The van der Waals surface area contributed by atoms with Crippen LogP contribution in [-0.2, 0) is 11.4 Å². The molecule has 0 saturated heterocycles. The average molecular weight is 200 g/mol. The molecule has 1 aliphatic heterocycles. The Hall–Kier alpha value is -1.79. The van der Waals surface area contributed by atoms with Crippen molar-refractivity contribution in [2.75, 3.05) is 6.54 Å². The van der Waals surface area contributed by atoms with Crippen molar-refractivity contribution in [2.45, 2.75) is 13.5 Å². The van der Waals surface area contributed by atoms with Crippen molar-refractivity contribution in [2.24, 2.45) is 0 Å². The molecule has 1 heterocycles. The molecule has 1 aromatic carbocycles. The number of benzene rings is 1. The molecule has 0 atom stereocenters. The number of hydroxylamine groups is 2. The lowest BCUT2D eigenvalue weighted by Crippen LogP contribution is -2.18. The van der Waals surface area contributed by atoms with Gasteiger partial charge in [0.05, 0.1) is 24.7 Å². The van der Waals surface area contributed by atoms with Crippen LogP contribution in [0, 0.1) is 11.3 Å². The zero-order valence-corrected chi connectivity index (χ0v) is 8.60. The van der Waals surface area contributed by atoms with Crippen LogP contribution >= 0.6 is 0 Å². The fraction of sp³-hybridized carbons (Fsp3) is 0.250. The van der Waals surface area contributed by atoms with Crippen molar-refractivity contribution in [3.05, 3.63) is 47.2 Å². The molecule has 0 spiro atoms. The van der Waals surface area contributed by atoms with Crippen LogP contribution in [0.2, 0.25) is 0 Å². The fourth-order valence-corrected chi connectivity index (χ4v) is 1.56. The van der Waals surface area contributed by atoms with E-state index in [1.54, 1.807) is 5.06 Å². The number of nitriles is 1. The van der Waals surface area contributed by atoms with Crippen molar-refractivity contribution < 1.29 is 4.84 Å². The number of nitrogens with zero attached hydrogens (tertiary/aromatic N) is 2. The third kappa shape index (κ3) is 2.17. The molecule has 0 bridgehead atoms. The molecular formula is C12H12N2O. The van der Waals surface area contributed by atoms with E-state index in [1.807, 2.05) is 37.3 Å². The monoisotopic (exact) mass is 200 g/mol. The number of hydrogen-bond acceptors (Lipinski definition) is 3. The normalized spacial score (nSPS) is 16.3.